The summed E-state index contributed by atoms with van der Waals surface area (Å²) in [5, 5.41) is 9.51. The minimum absolute atomic E-state index is 0.145. The number of aliphatic hydroxyl groups excluding tert-OH is 1. The van der Waals surface area contributed by atoms with Crippen molar-refractivity contribution in [3.63, 3.8) is 0 Å². The van der Waals surface area contributed by atoms with Gasteiger partial charge in [-0.05, 0) is 43.6 Å². The van der Waals surface area contributed by atoms with Gasteiger partial charge >= 0.3 is 0 Å². The van der Waals surface area contributed by atoms with Crippen molar-refractivity contribution in [2.75, 3.05) is 26.2 Å². The first kappa shape index (κ1) is 16.9. The molecular formula is C16H34N2O. The van der Waals surface area contributed by atoms with Gasteiger partial charge in [-0.1, -0.05) is 34.1 Å². The predicted molar refractivity (Wildman–Crippen MR) is 82.1 cm³/mol. The van der Waals surface area contributed by atoms with Crippen LogP contribution in [0.2, 0.25) is 0 Å². The monoisotopic (exact) mass is 270 g/mol. The lowest BCUT2D eigenvalue weighted by Gasteiger charge is -2.32. The normalized spacial score (nSPS) is 27.9. The van der Waals surface area contributed by atoms with Crippen molar-refractivity contribution in [2.24, 2.45) is 23.5 Å². The zero-order valence-corrected chi connectivity index (χ0v) is 13.4. The van der Waals surface area contributed by atoms with Gasteiger partial charge in [-0.3, -0.25) is 0 Å². The van der Waals surface area contributed by atoms with Crippen LogP contribution in [0.3, 0.4) is 0 Å². The van der Waals surface area contributed by atoms with Crippen LogP contribution >= 0.6 is 0 Å². The summed E-state index contributed by atoms with van der Waals surface area (Å²) in [7, 11) is 0. The summed E-state index contributed by atoms with van der Waals surface area (Å²) >= 11 is 0. The average Bonchev–Trinajstić information content (AvgIpc) is 2.67. The standard InChI is InChI=1S/C16H34N2O/c1-13(2)10-18(11-14(3)4)9-7-15-6-5-8-16(15,17)12-19/h13-15,19H,5-12,17H2,1-4H3. The van der Waals surface area contributed by atoms with Gasteiger partial charge in [0.15, 0.2) is 0 Å². The minimum Gasteiger partial charge on any atom is -0.394 e. The first-order chi connectivity index (χ1) is 8.87. The zero-order chi connectivity index (χ0) is 14.5. The van der Waals surface area contributed by atoms with Crippen LogP contribution in [0.5, 0.6) is 0 Å². The SMILES string of the molecule is CC(C)CN(CCC1CCCC1(N)CO)CC(C)C. The summed E-state index contributed by atoms with van der Waals surface area (Å²) in [6.45, 7) is 12.7. The quantitative estimate of drug-likeness (QED) is 0.712. The van der Waals surface area contributed by atoms with E-state index in [1.54, 1.807) is 0 Å². The Morgan fingerprint density at radius 3 is 2.26 bits per heavy atom. The highest BCUT2D eigenvalue weighted by atomic mass is 16.3. The molecule has 0 spiro atoms. The second-order valence-electron chi connectivity index (χ2n) is 7.32. The largest absolute Gasteiger partial charge is 0.394 e. The fourth-order valence-corrected chi connectivity index (χ4v) is 3.44. The molecule has 0 aromatic heterocycles. The van der Waals surface area contributed by atoms with Crippen LogP contribution in [0.4, 0.5) is 0 Å². The second-order valence-corrected chi connectivity index (χ2v) is 7.32. The molecule has 0 aliphatic heterocycles. The molecule has 0 aromatic carbocycles. The third-order valence-electron chi connectivity index (χ3n) is 4.34. The van der Waals surface area contributed by atoms with Crippen LogP contribution in [0, 0.1) is 17.8 Å². The van der Waals surface area contributed by atoms with Crippen molar-refractivity contribution in [1.82, 2.24) is 4.90 Å². The molecule has 2 unspecified atom stereocenters. The summed E-state index contributed by atoms with van der Waals surface area (Å²) in [4.78, 5) is 2.57. The van der Waals surface area contributed by atoms with Crippen molar-refractivity contribution >= 4 is 0 Å². The Hall–Kier alpha value is -0.120. The van der Waals surface area contributed by atoms with Gasteiger partial charge in [0.25, 0.3) is 0 Å². The number of hydrogen-bond donors (Lipinski definition) is 2. The zero-order valence-electron chi connectivity index (χ0n) is 13.4. The van der Waals surface area contributed by atoms with Gasteiger partial charge in [0.05, 0.1) is 6.61 Å². The van der Waals surface area contributed by atoms with E-state index in [2.05, 4.69) is 32.6 Å². The summed E-state index contributed by atoms with van der Waals surface area (Å²) in [5.41, 5.74) is 6.02. The Morgan fingerprint density at radius 2 is 1.79 bits per heavy atom. The molecule has 1 aliphatic rings. The molecule has 19 heavy (non-hydrogen) atoms. The second kappa shape index (κ2) is 7.61. The molecule has 1 saturated carbocycles. The van der Waals surface area contributed by atoms with Crippen LogP contribution in [0.15, 0.2) is 0 Å². The maximum Gasteiger partial charge on any atom is 0.0613 e. The maximum absolute atomic E-state index is 9.51. The van der Waals surface area contributed by atoms with Crippen LogP contribution in [-0.2, 0) is 0 Å². The Balaban J connectivity index is 2.46. The van der Waals surface area contributed by atoms with Crippen LogP contribution < -0.4 is 5.73 Å². The van der Waals surface area contributed by atoms with E-state index < -0.39 is 0 Å². The lowest BCUT2D eigenvalue weighted by molar-refractivity contribution is 0.137. The highest BCUT2D eigenvalue weighted by molar-refractivity contribution is 4.96. The van der Waals surface area contributed by atoms with Gasteiger partial charge in [-0.25, -0.2) is 0 Å². The third-order valence-corrected chi connectivity index (χ3v) is 4.34. The molecule has 0 saturated heterocycles. The van der Waals surface area contributed by atoms with E-state index in [9.17, 15) is 5.11 Å². The Labute approximate surface area is 119 Å². The molecule has 3 N–H and O–H groups in total. The van der Waals surface area contributed by atoms with Gasteiger partial charge in [-0.2, -0.15) is 0 Å². The van der Waals surface area contributed by atoms with E-state index in [-0.39, 0.29) is 12.1 Å². The smallest absolute Gasteiger partial charge is 0.0613 e. The van der Waals surface area contributed by atoms with Crippen LogP contribution in [0.1, 0.15) is 53.4 Å². The Morgan fingerprint density at radius 1 is 1.21 bits per heavy atom. The highest BCUT2D eigenvalue weighted by Crippen LogP contribution is 2.35. The van der Waals surface area contributed by atoms with E-state index in [1.807, 2.05) is 0 Å². The first-order valence-electron chi connectivity index (χ1n) is 7.99. The van der Waals surface area contributed by atoms with Gasteiger partial charge in [0.2, 0.25) is 0 Å². The fraction of sp³-hybridized carbons (Fsp3) is 1.00. The van der Waals surface area contributed by atoms with Gasteiger partial charge < -0.3 is 15.7 Å². The van der Waals surface area contributed by atoms with E-state index >= 15 is 0 Å². The van der Waals surface area contributed by atoms with Crippen molar-refractivity contribution in [3.05, 3.63) is 0 Å². The molecule has 0 heterocycles. The summed E-state index contributed by atoms with van der Waals surface area (Å²) in [5.74, 6) is 1.92. The summed E-state index contributed by atoms with van der Waals surface area (Å²) in [6.07, 6.45) is 4.49. The van der Waals surface area contributed by atoms with E-state index in [0.29, 0.717) is 17.8 Å². The molecule has 0 aromatic rings. The molecule has 1 rings (SSSR count). The molecule has 0 radical (unpaired) electrons. The van der Waals surface area contributed by atoms with Crippen molar-refractivity contribution < 1.29 is 5.11 Å². The first-order valence-corrected chi connectivity index (χ1v) is 7.99. The molecule has 0 amide bonds. The van der Waals surface area contributed by atoms with Gasteiger partial charge in [0.1, 0.15) is 0 Å². The van der Waals surface area contributed by atoms with Crippen LogP contribution in [0.25, 0.3) is 0 Å². The predicted octanol–water partition coefficient (Wildman–Crippen LogP) is 2.48. The van der Waals surface area contributed by atoms with Crippen molar-refractivity contribution in [1.29, 1.82) is 0 Å². The van der Waals surface area contributed by atoms with Crippen LogP contribution in [-0.4, -0.2) is 41.8 Å². The molecule has 1 aliphatic carbocycles. The summed E-state index contributed by atoms with van der Waals surface area (Å²) in [6, 6.07) is 0. The molecule has 3 heteroatoms. The van der Waals surface area contributed by atoms with E-state index in [0.717, 1.165) is 19.4 Å². The number of nitrogens with two attached hydrogens (primary N) is 1. The lowest BCUT2D eigenvalue weighted by atomic mass is 9.86. The van der Waals surface area contributed by atoms with Crippen molar-refractivity contribution in [3.8, 4) is 0 Å². The van der Waals surface area contributed by atoms with Gasteiger partial charge in [0, 0.05) is 18.6 Å². The number of aliphatic hydroxyl groups is 1. The Kier molecular flexibility index (Phi) is 6.78. The topological polar surface area (TPSA) is 49.5 Å². The maximum atomic E-state index is 9.51. The Bertz CT molecular complexity index is 245. The molecule has 2 atom stereocenters. The number of hydrogen-bond acceptors (Lipinski definition) is 3. The number of rotatable bonds is 8. The minimum atomic E-state index is -0.304. The molecule has 0 bridgehead atoms. The average molecular weight is 270 g/mol. The fourth-order valence-electron chi connectivity index (χ4n) is 3.44. The molecule has 1 fully saturated rings. The molecule has 114 valence electrons. The molecule has 3 nitrogen and oxygen atoms in total. The third kappa shape index (κ3) is 5.41. The van der Waals surface area contributed by atoms with E-state index in [4.69, 9.17) is 5.73 Å². The number of nitrogens with zero attached hydrogens (tertiary/aromatic N) is 1. The highest BCUT2D eigenvalue weighted by Gasteiger charge is 2.38. The summed E-state index contributed by atoms with van der Waals surface area (Å²) < 4.78 is 0. The van der Waals surface area contributed by atoms with Gasteiger partial charge in [-0.15, -0.1) is 0 Å². The van der Waals surface area contributed by atoms with Crippen molar-refractivity contribution in [2.45, 2.75) is 58.9 Å². The molecular weight excluding hydrogens is 236 g/mol. The lowest BCUT2D eigenvalue weighted by Crippen LogP contribution is -2.48. The van der Waals surface area contributed by atoms with E-state index in [1.165, 1.54) is 25.9 Å².